The van der Waals surface area contributed by atoms with Crippen LogP contribution in [0.1, 0.15) is 58.6 Å². The van der Waals surface area contributed by atoms with Gasteiger partial charge >= 0.3 is 6.09 Å². The minimum atomic E-state index is -1.46. The fraction of sp³-hybridized carbons (Fsp3) is 0.393. The van der Waals surface area contributed by atoms with E-state index in [0.717, 1.165) is 29.5 Å². The first-order valence-corrected chi connectivity index (χ1v) is 12.3. The first-order chi connectivity index (χ1) is 17.2. The number of aromatic amines is 1. The van der Waals surface area contributed by atoms with Gasteiger partial charge < -0.3 is 20.5 Å². The molecular formula is C28H36N4O4. The lowest BCUT2D eigenvalue weighted by Crippen LogP contribution is -2.49. The van der Waals surface area contributed by atoms with Crippen LogP contribution < -0.4 is 10.6 Å². The molecule has 0 fully saturated rings. The van der Waals surface area contributed by atoms with Crippen molar-refractivity contribution < 1.29 is 19.4 Å². The highest BCUT2D eigenvalue weighted by atomic mass is 16.6. The Morgan fingerprint density at radius 1 is 1.06 bits per heavy atom. The van der Waals surface area contributed by atoms with Gasteiger partial charge in [0, 0.05) is 11.5 Å². The van der Waals surface area contributed by atoms with Gasteiger partial charge in [-0.1, -0.05) is 89.1 Å². The lowest BCUT2D eigenvalue weighted by atomic mass is 9.84. The predicted octanol–water partition coefficient (Wildman–Crippen LogP) is 5.45. The largest absolute Gasteiger partial charge is 0.441 e. The summed E-state index contributed by atoms with van der Waals surface area (Å²) < 4.78 is 5.93. The standard InChI is InChI=1S/C28H36N4O4/c1-5-6-15-22(24(33)26(34)31-23-16-17-29-32-23)30-27(35)36-25(28(2,3)4)21-14-10-13-20(18-21)19-11-8-7-9-12-19/h7-14,16-18,22,24-25,33H,5-6,15H2,1-4H3,(H,30,35)(H2,29,31,32,34)/t22-,24-,25-/m0/s1. The van der Waals surface area contributed by atoms with Crippen molar-refractivity contribution in [3.63, 3.8) is 0 Å². The summed E-state index contributed by atoms with van der Waals surface area (Å²) in [4.78, 5) is 25.6. The van der Waals surface area contributed by atoms with Crippen LogP contribution in [0, 0.1) is 5.41 Å². The highest BCUT2D eigenvalue weighted by Gasteiger charge is 2.33. The number of aliphatic hydroxyl groups is 1. The Hall–Kier alpha value is -3.65. The summed E-state index contributed by atoms with van der Waals surface area (Å²) in [5.41, 5.74) is 2.56. The van der Waals surface area contributed by atoms with Crippen LogP contribution in [0.2, 0.25) is 0 Å². The number of nitrogens with one attached hydrogen (secondary N) is 3. The van der Waals surface area contributed by atoms with Gasteiger partial charge in [-0.05, 0) is 29.2 Å². The van der Waals surface area contributed by atoms with E-state index in [9.17, 15) is 14.7 Å². The van der Waals surface area contributed by atoms with Crippen molar-refractivity contribution in [3.05, 3.63) is 72.4 Å². The minimum absolute atomic E-state index is 0.363. The first-order valence-electron chi connectivity index (χ1n) is 12.3. The minimum Gasteiger partial charge on any atom is -0.441 e. The maximum Gasteiger partial charge on any atom is 0.408 e. The van der Waals surface area contributed by atoms with Gasteiger partial charge in [0.15, 0.2) is 6.10 Å². The number of benzene rings is 2. The van der Waals surface area contributed by atoms with Crippen LogP contribution in [-0.4, -0.2) is 39.5 Å². The molecule has 2 amide bonds. The van der Waals surface area contributed by atoms with Crippen LogP contribution in [0.5, 0.6) is 0 Å². The fourth-order valence-electron chi connectivity index (χ4n) is 4.00. The van der Waals surface area contributed by atoms with Gasteiger partial charge in [0.2, 0.25) is 0 Å². The van der Waals surface area contributed by atoms with Crippen LogP contribution in [0.4, 0.5) is 10.6 Å². The molecule has 0 aliphatic rings. The second kappa shape index (κ2) is 12.4. The number of aliphatic hydroxyl groups excluding tert-OH is 1. The number of hydrogen-bond acceptors (Lipinski definition) is 5. The summed E-state index contributed by atoms with van der Waals surface area (Å²) >= 11 is 0. The summed E-state index contributed by atoms with van der Waals surface area (Å²) in [6.45, 7) is 8.01. The van der Waals surface area contributed by atoms with Crippen LogP contribution in [0.15, 0.2) is 66.9 Å². The van der Waals surface area contributed by atoms with Crippen molar-refractivity contribution in [2.75, 3.05) is 5.32 Å². The molecule has 36 heavy (non-hydrogen) atoms. The van der Waals surface area contributed by atoms with Crippen LogP contribution in [-0.2, 0) is 9.53 Å². The molecule has 8 nitrogen and oxygen atoms in total. The monoisotopic (exact) mass is 492 g/mol. The van der Waals surface area contributed by atoms with Gasteiger partial charge in [-0.25, -0.2) is 4.79 Å². The second-order valence-corrected chi connectivity index (χ2v) is 9.94. The van der Waals surface area contributed by atoms with Crippen LogP contribution >= 0.6 is 0 Å². The number of rotatable bonds is 10. The fourth-order valence-corrected chi connectivity index (χ4v) is 4.00. The molecule has 0 aliphatic carbocycles. The zero-order chi connectivity index (χ0) is 26.1. The number of amides is 2. The maximum absolute atomic E-state index is 13.1. The molecule has 0 aliphatic heterocycles. The molecule has 0 radical (unpaired) electrons. The average Bonchev–Trinajstić information content (AvgIpc) is 3.37. The highest BCUT2D eigenvalue weighted by Crippen LogP contribution is 2.37. The number of alkyl carbamates (subject to hydrolysis) is 1. The topological polar surface area (TPSA) is 116 Å². The molecule has 3 aromatic rings. The zero-order valence-corrected chi connectivity index (χ0v) is 21.3. The number of ether oxygens (including phenoxy) is 1. The molecule has 3 atom stereocenters. The summed E-state index contributed by atoms with van der Waals surface area (Å²) in [5, 5.41) is 22.4. The average molecular weight is 493 g/mol. The molecule has 3 rings (SSSR count). The van der Waals surface area contributed by atoms with Gasteiger partial charge in [-0.2, -0.15) is 5.10 Å². The lowest BCUT2D eigenvalue weighted by molar-refractivity contribution is -0.125. The van der Waals surface area contributed by atoms with Gasteiger partial charge in [0.1, 0.15) is 11.9 Å². The maximum atomic E-state index is 13.1. The molecule has 0 saturated carbocycles. The summed E-state index contributed by atoms with van der Waals surface area (Å²) in [7, 11) is 0. The van der Waals surface area contributed by atoms with Crippen LogP contribution in [0.25, 0.3) is 11.1 Å². The van der Waals surface area contributed by atoms with E-state index in [-0.39, 0.29) is 0 Å². The van der Waals surface area contributed by atoms with E-state index in [4.69, 9.17) is 4.74 Å². The van der Waals surface area contributed by atoms with Gasteiger partial charge in [-0.3, -0.25) is 9.89 Å². The molecule has 1 aromatic heterocycles. The van der Waals surface area contributed by atoms with E-state index in [1.54, 1.807) is 6.07 Å². The summed E-state index contributed by atoms with van der Waals surface area (Å²) in [6, 6.07) is 18.7. The Balaban J connectivity index is 1.75. The van der Waals surface area contributed by atoms with Crippen LogP contribution in [0.3, 0.4) is 0 Å². The Morgan fingerprint density at radius 3 is 2.42 bits per heavy atom. The molecule has 0 spiro atoms. The Kier molecular flexibility index (Phi) is 9.25. The van der Waals surface area contributed by atoms with E-state index in [0.29, 0.717) is 12.2 Å². The molecule has 1 heterocycles. The van der Waals surface area contributed by atoms with Gasteiger partial charge in [-0.15, -0.1) is 0 Å². The third-order valence-corrected chi connectivity index (χ3v) is 5.89. The highest BCUT2D eigenvalue weighted by molar-refractivity contribution is 5.94. The molecule has 8 heteroatoms. The number of unbranched alkanes of at least 4 members (excludes halogenated alkanes) is 1. The predicted molar refractivity (Wildman–Crippen MR) is 140 cm³/mol. The van der Waals surface area contributed by atoms with E-state index in [1.807, 2.05) is 82.3 Å². The van der Waals surface area contributed by atoms with Crippen molar-refractivity contribution >= 4 is 17.8 Å². The van der Waals surface area contributed by atoms with E-state index in [1.165, 1.54) is 6.20 Å². The number of carbonyl (C=O) groups is 2. The van der Waals surface area contributed by atoms with Crippen molar-refractivity contribution in [1.82, 2.24) is 15.5 Å². The second-order valence-electron chi connectivity index (χ2n) is 9.94. The Bertz CT molecular complexity index is 1110. The Labute approximate surface area is 212 Å². The summed E-state index contributed by atoms with van der Waals surface area (Å²) in [6.07, 6.45) is 0.791. The third-order valence-electron chi connectivity index (χ3n) is 5.89. The normalized spacial score (nSPS) is 13.9. The molecule has 4 N–H and O–H groups in total. The number of carbonyl (C=O) groups excluding carboxylic acids is 2. The Morgan fingerprint density at radius 2 is 1.78 bits per heavy atom. The van der Waals surface area contributed by atoms with Crippen molar-refractivity contribution in [2.45, 2.75) is 65.2 Å². The number of aromatic nitrogens is 2. The summed E-state index contributed by atoms with van der Waals surface area (Å²) in [5.74, 6) is -0.273. The molecule has 0 unspecified atom stereocenters. The van der Waals surface area contributed by atoms with Gasteiger partial charge in [0.25, 0.3) is 5.91 Å². The molecule has 0 bridgehead atoms. The van der Waals surface area contributed by atoms with E-state index < -0.39 is 35.7 Å². The van der Waals surface area contributed by atoms with E-state index >= 15 is 0 Å². The van der Waals surface area contributed by atoms with Crippen molar-refractivity contribution in [3.8, 4) is 11.1 Å². The van der Waals surface area contributed by atoms with Crippen molar-refractivity contribution in [1.29, 1.82) is 0 Å². The molecule has 192 valence electrons. The first kappa shape index (κ1) is 26.9. The number of H-pyrrole nitrogens is 1. The molecule has 2 aromatic carbocycles. The molecular weight excluding hydrogens is 456 g/mol. The quantitative estimate of drug-likeness (QED) is 0.300. The SMILES string of the molecule is CCCC[C@H](NC(=O)O[C@@H](c1cccc(-c2ccccc2)c1)C(C)(C)C)[C@H](O)C(=O)Nc1ccn[nH]1. The number of hydrogen-bond donors (Lipinski definition) is 4. The third kappa shape index (κ3) is 7.42. The van der Waals surface area contributed by atoms with Crippen molar-refractivity contribution in [2.24, 2.45) is 5.41 Å². The number of anilines is 1. The lowest BCUT2D eigenvalue weighted by Gasteiger charge is -2.32. The molecule has 0 saturated heterocycles. The number of nitrogens with zero attached hydrogens (tertiary/aromatic N) is 1. The zero-order valence-electron chi connectivity index (χ0n) is 21.3. The van der Waals surface area contributed by atoms with E-state index in [2.05, 4.69) is 20.8 Å². The van der Waals surface area contributed by atoms with Gasteiger partial charge in [0.05, 0.1) is 12.2 Å². The smallest absolute Gasteiger partial charge is 0.408 e.